The molecule has 0 radical (unpaired) electrons. The summed E-state index contributed by atoms with van der Waals surface area (Å²) < 4.78 is 12.0. The number of hydrogen-bond acceptors (Lipinski definition) is 6. The van der Waals surface area contributed by atoms with Crippen molar-refractivity contribution in [1.29, 1.82) is 0 Å². The minimum absolute atomic E-state index is 0.136. The number of carbonyl (C=O) groups is 2. The van der Waals surface area contributed by atoms with Gasteiger partial charge in [0, 0.05) is 44.2 Å². The summed E-state index contributed by atoms with van der Waals surface area (Å²) in [5.41, 5.74) is 2.00. The van der Waals surface area contributed by atoms with E-state index in [0.717, 1.165) is 18.5 Å². The Hall–Kier alpha value is -3.88. The Balaban J connectivity index is 1.35. The summed E-state index contributed by atoms with van der Waals surface area (Å²) in [6.07, 6.45) is 3.72. The van der Waals surface area contributed by atoms with Gasteiger partial charge >= 0.3 is 0 Å². The van der Waals surface area contributed by atoms with Gasteiger partial charge in [0.1, 0.15) is 0 Å². The summed E-state index contributed by atoms with van der Waals surface area (Å²) in [6, 6.07) is 10.8. The second-order valence-corrected chi connectivity index (χ2v) is 8.24. The first kappa shape index (κ1) is 23.3. The van der Waals surface area contributed by atoms with E-state index in [0.29, 0.717) is 54.0 Å². The number of amides is 2. The minimum Gasteiger partial charge on any atom is -0.493 e. The molecule has 3 aromatic rings. The van der Waals surface area contributed by atoms with E-state index in [9.17, 15) is 14.4 Å². The fourth-order valence-corrected chi connectivity index (χ4v) is 4.12. The fraction of sp³-hybridized carbons (Fsp3) is 0.360. The number of ether oxygens (including phenoxy) is 2. The van der Waals surface area contributed by atoms with Crippen molar-refractivity contribution in [3.8, 4) is 11.5 Å². The first-order chi connectivity index (χ1) is 16.5. The molecule has 0 bridgehead atoms. The number of fused-ring (bicyclic) bond motifs is 1. The average Bonchev–Trinajstić information content (AvgIpc) is 3.24. The van der Waals surface area contributed by atoms with Crippen molar-refractivity contribution >= 4 is 28.4 Å². The van der Waals surface area contributed by atoms with Crippen LogP contribution in [0.1, 0.15) is 31.2 Å². The number of nitrogens with one attached hydrogen (secondary N) is 1. The Morgan fingerprint density at radius 3 is 2.65 bits per heavy atom. The van der Waals surface area contributed by atoms with Crippen molar-refractivity contribution in [3.05, 3.63) is 58.6 Å². The highest BCUT2D eigenvalue weighted by molar-refractivity contribution is 5.90. The summed E-state index contributed by atoms with van der Waals surface area (Å²) in [7, 11) is 3.04. The van der Waals surface area contributed by atoms with Gasteiger partial charge in [-0.15, -0.1) is 0 Å². The molecular formula is C25H28N4O5. The summed E-state index contributed by atoms with van der Waals surface area (Å²) in [6.45, 7) is 1.69. The van der Waals surface area contributed by atoms with E-state index in [1.165, 1.54) is 25.1 Å². The standard InChI is InChI=1S/C25H28N4O5/c1-33-21-13-19-20(14-22(21)34-2)26-16-29(25(19)32)11-4-8-23(30)27-18-7-3-6-17(12-18)15-28-10-5-9-24(28)31/h3,6-7,12-14,16H,4-5,8-11,15H2,1-2H3,(H,27,30). The molecule has 0 aliphatic carbocycles. The number of carbonyl (C=O) groups excluding carboxylic acids is 2. The van der Waals surface area contributed by atoms with Gasteiger partial charge in [-0.3, -0.25) is 19.0 Å². The van der Waals surface area contributed by atoms with Crippen molar-refractivity contribution in [2.45, 2.75) is 38.8 Å². The van der Waals surface area contributed by atoms with Crippen LogP contribution in [-0.4, -0.2) is 47.0 Å². The third kappa shape index (κ3) is 5.19. The zero-order valence-electron chi connectivity index (χ0n) is 19.4. The molecule has 4 rings (SSSR count). The predicted molar refractivity (Wildman–Crippen MR) is 128 cm³/mol. The number of benzene rings is 2. The van der Waals surface area contributed by atoms with E-state index < -0.39 is 0 Å². The zero-order chi connectivity index (χ0) is 24.1. The predicted octanol–water partition coefficient (Wildman–Crippen LogP) is 2.96. The average molecular weight is 465 g/mol. The maximum Gasteiger partial charge on any atom is 0.261 e. The molecule has 0 saturated carbocycles. The van der Waals surface area contributed by atoms with Crippen LogP contribution in [0.15, 0.2) is 47.5 Å². The van der Waals surface area contributed by atoms with Gasteiger partial charge in [0.25, 0.3) is 5.56 Å². The zero-order valence-corrected chi connectivity index (χ0v) is 19.4. The molecule has 2 amide bonds. The molecule has 2 aromatic carbocycles. The summed E-state index contributed by atoms with van der Waals surface area (Å²) in [5.74, 6) is 1.00. The van der Waals surface area contributed by atoms with E-state index in [-0.39, 0.29) is 23.8 Å². The van der Waals surface area contributed by atoms with Crippen LogP contribution in [-0.2, 0) is 22.7 Å². The molecule has 1 aliphatic heterocycles. The monoisotopic (exact) mass is 464 g/mol. The van der Waals surface area contributed by atoms with E-state index in [4.69, 9.17) is 9.47 Å². The second kappa shape index (κ2) is 10.4. The lowest BCUT2D eigenvalue weighted by molar-refractivity contribution is -0.128. The number of methoxy groups -OCH3 is 2. The summed E-state index contributed by atoms with van der Waals surface area (Å²) in [4.78, 5) is 43.3. The van der Waals surface area contributed by atoms with Crippen LogP contribution in [0.25, 0.3) is 10.9 Å². The first-order valence-electron chi connectivity index (χ1n) is 11.3. The number of nitrogens with zero attached hydrogens (tertiary/aromatic N) is 3. The van der Waals surface area contributed by atoms with Gasteiger partial charge in [0.05, 0.1) is 31.4 Å². The Morgan fingerprint density at radius 2 is 1.91 bits per heavy atom. The molecule has 9 nitrogen and oxygen atoms in total. The number of hydrogen-bond donors (Lipinski definition) is 1. The summed E-state index contributed by atoms with van der Waals surface area (Å²) in [5, 5.41) is 3.33. The molecule has 1 aliphatic rings. The van der Waals surface area contributed by atoms with Gasteiger partial charge < -0.3 is 19.7 Å². The Labute approximate surface area is 197 Å². The van der Waals surface area contributed by atoms with Crippen LogP contribution in [0, 0.1) is 0 Å². The Morgan fingerprint density at radius 1 is 1.12 bits per heavy atom. The molecule has 0 spiro atoms. The lowest BCUT2D eigenvalue weighted by atomic mass is 10.2. The molecule has 2 heterocycles. The van der Waals surface area contributed by atoms with Crippen molar-refractivity contribution in [1.82, 2.24) is 14.5 Å². The van der Waals surface area contributed by atoms with E-state index in [1.807, 2.05) is 29.2 Å². The van der Waals surface area contributed by atoms with Crippen LogP contribution >= 0.6 is 0 Å². The van der Waals surface area contributed by atoms with E-state index in [1.54, 1.807) is 12.1 Å². The van der Waals surface area contributed by atoms with Gasteiger partial charge in [0.2, 0.25) is 11.8 Å². The highest BCUT2D eigenvalue weighted by atomic mass is 16.5. The third-order valence-corrected chi connectivity index (χ3v) is 5.89. The molecule has 1 N–H and O–H groups in total. The largest absolute Gasteiger partial charge is 0.493 e. The Bertz CT molecular complexity index is 1270. The molecule has 1 fully saturated rings. The maximum absolute atomic E-state index is 12.9. The number of aromatic nitrogens is 2. The fourth-order valence-electron chi connectivity index (χ4n) is 4.12. The quantitative estimate of drug-likeness (QED) is 0.522. The molecule has 1 saturated heterocycles. The molecule has 178 valence electrons. The molecule has 34 heavy (non-hydrogen) atoms. The van der Waals surface area contributed by atoms with Crippen LogP contribution < -0.4 is 20.3 Å². The topological polar surface area (TPSA) is 103 Å². The summed E-state index contributed by atoms with van der Waals surface area (Å²) >= 11 is 0. The van der Waals surface area contributed by atoms with Gasteiger partial charge in [-0.05, 0) is 36.6 Å². The van der Waals surface area contributed by atoms with Crippen molar-refractivity contribution < 1.29 is 19.1 Å². The number of rotatable bonds is 9. The minimum atomic E-state index is -0.199. The lowest BCUT2D eigenvalue weighted by Gasteiger charge is -2.16. The first-order valence-corrected chi connectivity index (χ1v) is 11.3. The van der Waals surface area contributed by atoms with Crippen molar-refractivity contribution in [3.63, 3.8) is 0 Å². The van der Waals surface area contributed by atoms with E-state index in [2.05, 4.69) is 10.3 Å². The smallest absolute Gasteiger partial charge is 0.261 e. The van der Waals surface area contributed by atoms with Crippen LogP contribution in [0.5, 0.6) is 11.5 Å². The van der Waals surface area contributed by atoms with Crippen LogP contribution in [0.2, 0.25) is 0 Å². The lowest BCUT2D eigenvalue weighted by Crippen LogP contribution is -2.24. The van der Waals surface area contributed by atoms with Gasteiger partial charge in [-0.25, -0.2) is 4.98 Å². The van der Waals surface area contributed by atoms with Gasteiger partial charge in [-0.2, -0.15) is 0 Å². The normalized spacial score (nSPS) is 13.4. The van der Waals surface area contributed by atoms with Crippen molar-refractivity contribution in [2.75, 3.05) is 26.1 Å². The highest BCUT2D eigenvalue weighted by Crippen LogP contribution is 2.29. The molecule has 9 heteroatoms. The molecule has 0 atom stereocenters. The number of anilines is 1. The highest BCUT2D eigenvalue weighted by Gasteiger charge is 2.20. The number of likely N-dealkylation sites (tertiary alicyclic amines) is 1. The van der Waals surface area contributed by atoms with Crippen molar-refractivity contribution in [2.24, 2.45) is 0 Å². The molecule has 0 unspecified atom stereocenters. The molecular weight excluding hydrogens is 436 g/mol. The maximum atomic E-state index is 12.9. The van der Waals surface area contributed by atoms with Crippen LogP contribution in [0.3, 0.4) is 0 Å². The van der Waals surface area contributed by atoms with Gasteiger partial charge in [0.15, 0.2) is 11.5 Å². The molecule has 1 aromatic heterocycles. The third-order valence-electron chi connectivity index (χ3n) is 5.89. The van der Waals surface area contributed by atoms with E-state index >= 15 is 0 Å². The second-order valence-electron chi connectivity index (χ2n) is 8.24. The van der Waals surface area contributed by atoms with Crippen LogP contribution in [0.4, 0.5) is 5.69 Å². The Kier molecular flexibility index (Phi) is 7.10. The van der Waals surface area contributed by atoms with Gasteiger partial charge in [-0.1, -0.05) is 12.1 Å². The SMILES string of the molecule is COc1cc2ncn(CCCC(=O)Nc3cccc(CN4CCCC4=O)c3)c(=O)c2cc1OC. The number of aryl methyl sites for hydroxylation is 1.